The van der Waals surface area contributed by atoms with Crippen molar-refractivity contribution in [3.8, 4) is 0 Å². The van der Waals surface area contributed by atoms with Crippen molar-refractivity contribution in [1.29, 1.82) is 0 Å². The fourth-order valence-electron chi connectivity index (χ4n) is 2.55. The van der Waals surface area contributed by atoms with Crippen molar-refractivity contribution in [3.05, 3.63) is 70.9 Å². The van der Waals surface area contributed by atoms with E-state index in [1.54, 1.807) is 19.1 Å². The molecule has 0 aliphatic heterocycles. The van der Waals surface area contributed by atoms with Crippen LogP contribution in [0, 0.1) is 6.92 Å². The maximum atomic E-state index is 13.0. The first-order valence-electron chi connectivity index (χ1n) is 8.55. The molecule has 0 aliphatic rings. The molecule has 0 spiro atoms. The topological polar surface area (TPSA) is 68.0 Å². The molecule has 0 radical (unpaired) electrons. The van der Waals surface area contributed by atoms with Crippen LogP contribution >= 0.6 is 11.8 Å². The molecule has 2 aromatic carbocycles. The Morgan fingerprint density at radius 3 is 2.19 bits per heavy atom. The Kier molecular flexibility index (Phi) is 6.30. The van der Waals surface area contributed by atoms with E-state index in [9.17, 15) is 31.1 Å². The lowest BCUT2D eigenvalue weighted by Gasteiger charge is -2.15. The highest BCUT2D eigenvalue weighted by Gasteiger charge is 2.37. The van der Waals surface area contributed by atoms with Crippen molar-refractivity contribution in [2.75, 3.05) is 5.32 Å². The molecule has 1 aromatic heterocycles. The predicted molar refractivity (Wildman–Crippen MR) is 99.4 cm³/mol. The van der Waals surface area contributed by atoms with E-state index in [1.165, 1.54) is 12.1 Å². The molecule has 0 atom stereocenters. The Balaban J connectivity index is 1.86. The molecule has 1 N–H and O–H groups in total. The highest BCUT2D eigenvalue weighted by Crippen LogP contribution is 2.37. The van der Waals surface area contributed by atoms with E-state index in [1.807, 2.05) is 0 Å². The molecule has 3 rings (SSSR count). The third kappa shape index (κ3) is 5.78. The lowest BCUT2D eigenvalue weighted by Crippen LogP contribution is -2.16. The third-order valence-corrected chi connectivity index (χ3v) is 4.97. The number of aromatic nitrogens is 2. The van der Waals surface area contributed by atoms with E-state index in [4.69, 9.17) is 4.52 Å². The highest BCUT2D eigenvalue weighted by atomic mass is 32.2. The van der Waals surface area contributed by atoms with Gasteiger partial charge in [0.1, 0.15) is 0 Å². The molecule has 1 amide bonds. The molecule has 3 aromatic rings. The summed E-state index contributed by atoms with van der Waals surface area (Å²) in [5.41, 5.74) is -3.60. The monoisotopic (exact) mass is 461 g/mol. The number of anilines is 1. The number of carbonyl (C=O) groups is 1. The summed E-state index contributed by atoms with van der Waals surface area (Å²) in [5.74, 6) is 0.0977. The zero-order valence-electron chi connectivity index (χ0n) is 15.6. The summed E-state index contributed by atoms with van der Waals surface area (Å²) in [6.07, 6.45) is -10.0. The van der Waals surface area contributed by atoms with Crippen LogP contribution in [0.3, 0.4) is 0 Å². The van der Waals surface area contributed by atoms with Crippen molar-refractivity contribution >= 4 is 23.4 Å². The van der Waals surface area contributed by atoms with Crippen molar-refractivity contribution < 1.29 is 35.7 Å². The lowest BCUT2D eigenvalue weighted by atomic mass is 10.1. The van der Waals surface area contributed by atoms with E-state index in [0.29, 0.717) is 28.7 Å². The number of nitrogens with zero attached hydrogens (tertiary/aromatic N) is 2. The maximum absolute atomic E-state index is 13.0. The van der Waals surface area contributed by atoms with Crippen LogP contribution in [0.1, 0.15) is 33.2 Å². The minimum absolute atomic E-state index is 0.00758. The van der Waals surface area contributed by atoms with E-state index < -0.39 is 35.1 Å². The highest BCUT2D eigenvalue weighted by molar-refractivity contribution is 7.98. The predicted octanol–water partition coefficient (Wildman–Crippen LogP) is 5.96. The summed E-state index contributed by atoms with van der Waals surface area (Å²) in [6, 6.07) is 7.02. The molecule has 1 heterocycles. The van der Waals surface area contributed by atoms with Gasteiger partial charge in [0.15, 0.2) is 5.82 Å². The van der Waals surface area contributed by atoms with Gasteiger partial charge in [-0.2, -0.15) is 31.3 Å². The van der Waals surface area contributed by atoms with Crippen LogP contribution in [0.4, 0.5) is 32.0 Å². The Labute approximate surface area is 175 Å². The first-order chi connectivity index (χ1) is 14.4. The second-order valence-corrected chi connectivity index (χ2v) is 7.28. The number of halogens is 6. The number of carbonyl (C=O) groups excluding carboxylic acids is 1. The molecular weight excluding hydrogens is 448 g/mol. The second kappa shape index (κ2) is 8.61. The van der Waals surface area contributed by atoms with Crippen LogP contribution in [0.2, 0.25) is 0 Å². The molecule has 0 saturated carbocycles. The van der Waals surface area contributed by atoms with Gasteiger partial charge in [-0.1, -0.05) is 17.3 Å². The van der Waals surface area contributed by atoms with Gasteiger partial charge >= 0.3 is 12.4 Å². The molecule has 12 heteroatoms. The number of aryl methyl sites for hydroxylation is 1. The largest absolute Gasteiger partial charge is 0.416 e. The van der Waals surface area contributed by atoms with Crippen LogP contribution in [0.15, 0.2) is 51.9 Å². The van der Waals surface area contributed by atoms with E-state index >= 15 is 0 Å². The van der Waals surface area contributed by atoms with Crippen LogP contribution in [-0.4, -0.2) is 16.0 Å². The summed E-state index contributed by atoms with van der Waals surface area (Å²) in [6.45, 7) is 1.60. The summed E-state index contributed by atoms with van der Waals surface area (Å²) in [7, 11) is 0. The number of alkyl halides is 6. The average molecular weight is 461 g/mol. The minimum Gasteiger partial charge on any atom is -0.340 e. The summed E-state index contributed by atoms with van der Waals surface area (Å²) < 4.78 is 83.0. The number of benzene rings is 2. The lowest BCUT2D eigenvalue weighted by molar-refractivity contribution is -0.143. The molecule has 31 heavy (non-hydrogen) atoms. The number of hydrogen-bond acceptors (Lipinski definition) is 5. The van der Waals surface area contributed by atoms with Crippen molar-refractivity contribution in [3.63, 3.8) is 0 Å². The quantitative estimate of drug-likeness (QED) is 0.375. The molecule has 0 fully saturated rings. The maximum Gasteiger partial charge on any atom is 0.416 e. The van der Waals surface area contributed by atoms with Crippen LogP contribution in [-0.2, 0) is 18.1 Å². The van der Waals surface area contributed by atoms with Gasteiger partial charge in [-0.25, -0.2) is 0 Å². The van der Waals surface area contributed by atoms with Crippen molar-refractivity contribution in [2.45, 2.75) is 29.9 Å². The average Bonchev–Trinajstić information content (AvgIpc) is 3.10. The number of amides is 1. The first kappa shape index (κ1) is 22.7. The molecule has 164 valence electrons. The van der Waals surface area contributed by atoms with E-state index in [2.05, 4.69) is 15.5 Å². The summed E-state index contributed by atoms with van der Waals surface area (Å²) in [5, 5.41) is 5.84. The Morgan fingerprint density at radius 2 is 1.65 bits per heavy atom. The molecular formula is C19H13F6N3O2S. The normalized spacial score (nSPS) is 12.1. The number of nitrogens with one attached hydrogen (secondary N) is 1. The van der Waals surface area contributed by atoms with Crippen LogP contribution in [0.5, 0.6) is 0 Å². The van der Waals surface area contributed by atoms with Gasteiger partial charge in [0, 0.05) is 17.5 Å². The van der Waals surface area contributed by atoms with Crippen LogP contribution in [0.25, 0.3) is 0 Å². The standard InChI is InChI=1S/C19H13F6N3O2S/c1-10-26-16(28-30-10)9-31-15-5-3-2-4-14(15)17(29)27-13-7-11(18(20,21)22)6-12(8-13)19(23,24)25/h2-8H,9H2,1H3,(H,27,29). The fraction of sp³-hybridized carbons (Fsp3) is 0.211. The van der Waals surface area contributed by atoms with Gasteiger partial charge < -0.3 is 9.84 Å². The summed E-state index contributed by atoms with van der Waals surface area (Å²) >= 11 is 1.16. The molecule has 0 bridgehead atoms. The minimum atomic E-state index is -5.02. The van der Waals surface area contributed by atoms with Gasteiger partial charge in [-0.15, -0.1) is 11.8 Å². The SMILES string of the molecule is Cc1nc(CSc2ccccc2C(=O)Nc2cc(C(F)(F)F)cc(C(F)(F)F)c2)no1. The van der Waals surface area contributed by atoms with Crippen molar-refractivity contribution in [2.24, 2.45) is 0 Å². The zero-order valence-corrected chi connectivity index (χ0v) is 16.5. The van der Waals surface area contributed by atoms with E-state index in [0.717, 1.165) is 11.8 Å². The third-order valence-electron chi connectivity index (χ3n) is 3.90. The Morgan fingerprint density at radius 1 is 1.03 bits per heavy atom. The fourth-order valence-corrected chi connectivity index (χ4v) is 3.44. The molecule has 0 unspecified atom stereocenters. The number of hydrogen-bond donors (Lipinski definition) is 1. The van der Waals surface area contributed by atoms with Gasteiger partial charge in [-0.05, 0) is 30.3 Å². The Bertz CT molecular complexity index is 1060. The number of rotatable bonds is 5. The Hall–Kier alpha value is -3.02. The number of thioether (sulfide) groups is 1. The smallest absolute Gasteiger partial charge is 0.340 e. The van der Waals surface area contributed by atoms with E-state index in [-0.39, 0.29) is 17.4 Å². The molecule has 0 saturated heterocycles. The second-order valence-electron chi connectivity index (χ2n) is 6.26. The van der Waals surface area contributed by atoms with Crippen LogP contribution < -0.4 is 5.32 Å². The van der Waals surface area contributed by atoms with Crippen molar-refractivity contribution in [1.82, 2.24) is 10.1 Å². The van der Waals surface area contributed by atoms with Gasteiger partial charge in [-0.3, -0.25) is 4.79 Å². The van der Waals surface area contributed by atoms with Gasteiger partial charge in [0.05, 0.1) is 22.4 Å². The molecule has 5 nitrogen and oxygen atoms in total. The summed E-state index contributed by atoms with van der Waals surface area (Å²) in [4.78, 5) is 17.1. The first-order valence-corrected chi connectivity index (χ1v) is 9.54. The zero-order chi connectivity index (χ0) is 22.8. The molecule has 0 aliphatic carbocycles. The van der Waals surface area contributed by atoms with Gasteiger partial charge in [0.2, 0.25) is 5.89 Å². The van der Waals surface area contributed by atoms with Gasteiger partial charge in [0.25, 0.3) is 5.91 Å².